The fraction of sp³-hybridized carbons (Fsp3) is 0.500. The van der Waals surface area contributed by atoms with E-state index in [9.17, 15) is 4.79 Å². The standard InChI is InChI=1S/C14H18N2O2/c1-10(17)16-6-7-18-14-9-12-3-5-15-4-2-11(12)8-13(14)16/h8-9,15H,2-7H2,1H3. The number of benzene rings is 1. The lowest BCUT2D eigenvalue weighted by atomic mass is 10.0. The molecule has 2 aliphatic rings. The van der Waals surface area contributed by atoms with Crippen LogP contribution in [0.3, 0.4) is 0 Å². The van der Waals surface area contributed by atoms with E-state index in [1.807, 2.05) is 4.90 Å². The van der Waals surface area contributed by atoms with E-state index in [2.05, 4.69) is 17.4 Å². The Morgan fingerprint density at radius 2 is 2.00 bits per heavy atom. The van der Waals surface area contributed by atoms with Crippen molar-refractivity contribution in [3.05, 3.63) is 23.3 Å². The zero-order valence-electron chi connectivity index (χ0n) is 10.7. The van der Waals surface area contributed by atoms with Crippen LogP contribution in [0.15, 0.2) is 12.1 Å². The normalized spacial score (nSPS) is 18.4. The molecule has 0 saturated carbocycles. The maximum atomic E-state index is 11.7. The highest BCUT2D eigenvalue weighted by molar-refractivity contribution is 5.93. The van der Waals surface area contributed by atoms with Gasteiger partial charge in [-0.05, 0) is 49.2 Å². The predicted octanol–water partition coefficient (Wildman–Crippen LogP) is 1.12. The number of carbonyl (C=O) groups excluding carboxylic acids is 1. The van der Waals surface area contributed by atoms with Crippen LogP contribution in [0.4, 0.5) is 5.69 Å². The third-order valence-corrected chi connectivity index (χ3v) is 3.67. The first-order valence-electron chi connectivity index (χ1n) is 6.53. The van der Waals surface area contributed by atoms with Gasteiger partial charge in [0.05, 0.1) is 12.2 Å². The van der Waals surface area contributed by atoms with Crippen LogP contribution >= 0.6 is 0 Å². The Morgan fingerprint density at radius 3 is 2.72 bits per heavy atom. The van der Waals surface area contributed by atoms with E-state index in [0.29, 0.717) is 13.2 Å². The molecule has 2 aliphatic heterocycles. The van der Waals surface area contributed by atoms with Crippen molar-refractivity contribution in [1.82, 2.24) is 5.32 Å². The number of rotatable bonds is 0. The molecule has 0 aromatic heterocycles. The lowest BCUT2D eigenvalue weighted by molar-refractivity contribution is -0.116. The minimum atomic E-state index is 0.0891. The molecule has 1 amide bonds. The second-order valence-electron chi connectivity index (χ2n) is 4.86. The smallest absolute Gasteiger partial charge is 0.224 e. The molecule has 1 N–H and O–H groups in total. The van der Waals surface area contributed by atoms with Crippen LogP contribution in [-0.4, -0.2) is 32.1 Å². The molecule has 0 atom stereocenters. The summed E-state index contributed by atoms with van der Waals surface area (Å²) in [6.45, 7) is 4.88. The van der Waals surface area contributed by atoms with Gasteiger partial charge in [0.25, 0.3) is 0 Å². The quantitative estimate of drug-likeness (QED) is 0.746. The van der Waals surface area contributed by atoms with Crippen LogP contribution in [0.1, 0.15) is 18.1 Å². The number of carbonyl (C=O) groups is 1. The molecule has 1 aromatic carbocycles. The number of fused-ring (bicyclic) bond motifs is 2. The fourth-order valence-electron chi connectivity index (χ4n) is 2.71. The van der Waals surface area contributed by atoms with Crippen LogP contribution in [0.2, 0.25) is 0 Å². The third kappa shape index (κ3) is 1.97. The topological polar surface area (TPSA) is 41.6 Å². The van der Waals surface area contributed by atoms with Gasteiger partial charge in [0.1, 0.15) is 12.4 Å². The number of nitrogens with one attached hydrogen (secondary N) is 1. The van der Waals surface area contributed by atoms with Crippen molar-refractivity contribution in [2.75, 3.05) is 31.1 Å². The second kappa shape index (κ2) is 4.61. The summed E-state index contributed by atoms with van der Waals surface area (Å²) in [5.41, 5.74) is 3.63. The van der Waals surface area contributed by atoms with E-state index in [0.717, 1.165) is 37.4 Å². The molecular weight excluding hydrogens is 228 g/mol. The second-order valence-corrected chi connectivity index (χ2v) is 4.86. The summed E-state index contributed by atoms with van der Waals surface area (Å²) in [6, 6.07) is 4.25. The highest BCUT2D eigenvalue weighted by Crippen LogP contribution is 2.35. The number of anilines is 1. The summed E-state index contributed by atoms with van der Waals surface area (Å²) in [6.07, 6.45) is 2.06. The van der Waals surface area contributed by atoms with Crippen molar-refractivity contribution in [2.24, 2.45) is 0 Å². The van der Waals surface area contributed by atoms with Gasteiger partial charge in [0.15, 0.2) is 0 Å². The number of ether oxygens (including phenoxy) is 1. The monoisotopic (exact) mass is 246 g/mol. The van der Waals surface area contributed by atoms with Gasteiger partial charge in [-0.3, -0.25) is 4.79 Å². The molecule has 18 heavy (non-hydrogen) atoms. The lowest BCUT2D eigenvalue weighted by Gasteiger charge is -2.29. The number of hydrogen-bond acceptors (Lipinski definition) is 3. The summed E-state index contributed by atoms with van der Waals surface area (Å²) in [5.74, 6) is 0.948. The van der Waals surface area contributed by atoms with E-state index >= 15 is 0 Å². The van der Waals surface area contributed by atoms with Gasteiger partial charge in [0, 0.05) is 6.92 Å². The van der Waals surface area contributed by atoms with Gasteiger partial charge < -0.3 is 15.0 Å². The van der Waals surface area contributed by atoms with E-state index in [-0.39, 0.29) is 5.91 Å². The Bertz CT molecular complexity index is 485. The largest absolute Gasteiger partial charge is 0.490 e. The van der Waals surface area contributed by atoms with Crippen molar-refractivity contribution in [1.29, 1.82) is 0 Å². The van der Waals surface area contributed by atoms with Crippen LogP contribution in [-0.2, 0) is 17.6 Å². The molecule has 0 bridgehead atoms. The van der Waals surface area contributed by atoms with Crippen molar-refractivity contribution in [3.63, 3.8) is 0 Å². The van der Waals surface area contributed by atoms with Crippen molar-refractivity contribution in [2.45, 2.75) is 19.8 Å². The van der Waals surface area contributed by atoms with Crippen LogP contribution in [0.5, 0.6) is 5.75 Å². The fourth-order valence-corrected chi connectivity index (χ4v) is 2.71. The highest BCUT2D eigenvalue weighted by Gasteiger charge is 2.23. The molecule has 0 radical (unpaired) electrons. The summed E-state index contributed by atoms with van der Waals surface area (Å²) < 4.78 is 5.70. The van der Waals surface area contributed by atoms with Gasteiger partial charge in [-0.2, -0.15) is 0 Å². The van der Waals surface area contributed by atoms with E-state index in [1.165, 1.54) is 11.1 Å². The molecule has 3 rings (SSSR count). The molecule has 0 spiro atoms. The molecule has 0 fully saturated rings. The zero-order valence-corrected chi connectivity index (χ0v) is 10.7. The molecule has 4 nitrogen and oxygen atoms in total. The maximum Gasteiger partial charge on any atom is 0.224 e. The van der Waals surface area contributed by atoms with E-state index in [4.69, 9.17) is 4.74 Å². The minimum absolute atomic E-state index is 0.0891. The van der Waals surface area contributed by atoms with Gasteiger partial charge in [-0.1, -0.05) is 0 Å². The maximum absolute atomic E-state index is 11.7. The Morgan fingerprint density at radius 1 is 1.28 bits per heavy atom. The summed E-state index contributed by atoms with van der Waals surface area (Å²) in [4.78, 5) is 13.5. The number of nitrogens with zero attached hydrogens (tertiary/aromatic N) is 1. The van der Waals surface area contributed by atoms with Gasteiger partial charge in [0.2, 0.25) is 5.91 Å². The van der Waals surface area contributed by atoms with Crippen molar-refractivity contribution >= 4 is 11.6 Å². The van der Waals surface area contributed by atoms with Crippen LogP contribution in [0.25, 0.3) is 0 Å². The van der Waals surface area contributed by atoms with Crippen LogP contribution < -0.4 is 15.0 Å². The summed E-state index contributed by atoms with van der Waals surface area (Å²) in [7, 11) is 0. The Labute approximate surface area is 107 Å². The zero-order chi connectivity index (χ0) is 12.5. The highest BCUT2D eigenvalue weighted by atomic mass is 16.5. The molecular formula is C14H18N2O2. The predicted molar refractivity (Wildman–Crippen MR) is 70.2 cm³/mol. The molecule has 2 heterocycles. The first-order valence-corrected chi connectivity index (χ1v) is 6.53. The van der Waals surface area contributed by atoms with Gasteiger partial charge in [-0.15, -0.1) is 0 Å². The van der Waals surface area contributed by atoms with Gasteiger partial charge in [-0.25, -0.2) is 0 Å². The summed E-state index contributed by atoms with van der Waals surface area (Å²) >= 11 is 0. The number of amides is 1. The van der Waals surface area contributed by atoms with Crippen molar-refractivity contribution in [3.8, 4) is 5.75 Å². The molecule has 4 heteroatoms. The molecule has 0 saturated heterocycles. The number of hydrogen-bond donors (Lipinski definition) is 1. The van der Waals surface area contributed by atoms with Crippen molar-refractivity contribution < 1.29 is 9.53 Å². The molecule has 0 unspecified atom stereocenters. The first kappa shape index (κ1) is 11.5. The Balaban J connectivity index is 2.05. The van der Waals surface area contributed by atoms with E-state index in [1.54, 1.807) is 6.92 Å². The summed E-state index contributed by atoms with van der Waals surface area (Å²) in [5, 5.41) is 3.40. The van der Waals surface area contributed by atoms with Gasteiger partial charge >= 0.3 is 0 Å². The Hall–Kier alpha value is -1.55. The lowest BCUT2D eigenvalue weighted by Crippen LogP contribution is -2.36. The minimum Gasteiger partial charge on any atom is -0.490 e. The SMILES string of the molecule is CC(=O)N1CCOc2cc3c(cc21)CCNCC3. The average Bonchev–Trinajstić information content (AvgIpc) is 2.59. The van der Waals surface area contributed by atoms with E-state index < -0.39 is 0 Å². The average molecular weight is 246 g/mol. The first-order chi connectivity index (χ1) is 8.75. The molecule has 0 aliphatic carbocycles. The third-order valence-electron chi connectivity index (χ3n) is 3.67. The van der Waals surface area contributed by atoms with Crippen LogP contribution in [0, 0.1) is 0 Å². The molecule has 1 aromatic rings. The Kier molecular flexibility index (Phi) is 2.96. The molecule has 96 valence electrons.